The monoisotopic (exact) mass is 576 g/mol. The first-order chi connectivity index (χ1) is 14.5. The molecule has 0 aromatic rings. The molecule has 0 fully saturated rings. The van der Waals surface area contributed by atoms with Crippen LogP contribution in [0.3, 0.4) is 0 Å². The van der Waals surface area contributed by atoms with E-state index < -0.39 is 12.2 Å². The van der Waals surface area contributed by atoms with Crippen LogP contribution in [0.5, 0.6) is 0 Å². The first kappa shape index (κ1) is 33.0. The number of carboxylic acid groups (broad SMARTS) is 2. The molecule has 0 heterocycles. The van der Waals surface area contributed by atoms with E-state index in [4.69, 9.17) is 28.4 Å². The van der Waals surface area contributed by atoms with Gasteiger partial charge in [-0.15, -0.1) is 0 Å². The molecule has 0 unspecified atom stereocenters. The van der Waals surface area contributed by atoms with Gasteiger partial charge in [-0.1, -0.05) is 0 Å². The summed E-state index contributed by atoms with van der Waals surface area (Å²) in [6.07, 6.45) is -2.51. The number of rotatable bonds is 21. The summed E-state index contributed by atoms with van der Waals surface area (Å²) in [5, 5.41) is 21.7. The van der Waals surface area contributed by atoms with Crippen molar-refractivity contribution in [2.75, 3.05) is 106 Å². The van der Waals surface area contributed by atoms with Crippen molar-refractivity contribution in [3.05, 3.63) is 0 Å². The molecule has 0 rings (SSSR count). The molecule has 0 aromatic carbocycles. The average molecular weight is 576 g/mol. The van der Waals surface area contributed by atoms with Crippen LogP contribution in [0.15, 0.2) is 0 Å². The van der Waals surface area contributed by atoms with Crippen molar-refractivity contribution in [2.24, 2.45) is 0 Å². The van der Waals surface area contributed by atoms with Gasteiger partial charge in [0, 0.05) is 40.4 Å². The van der Waals surface area contributed by atoms with Gasteiger partial charge in [0.25, 0.3) is 0 Å². The van der Waals surface area contributed by atoms with Gasteiger partial charge in [-0.3, -0.25) is 0 Å². The molecule has 0 aliphatic carbocycles. The molecular formula is C18H34BaN2O10. The molecule has 0 saturated heterocycles. The van der Waals surface area contributed by atoms with Crippen LogP contribution >= 0.6 is 0 Å². The van der Waals surface area contributed by atoms with Crippen LogP contribution in [-0.4, -0.2) is 177 Å². The number of nitrogens with zero attached hydrogens (tertiary/aromatic N) is 2. The van der Waals surface area contributed by atoms with Gasteiger partial charge in [-0.05, 0) is 0 Å². The SMILES string of the molecule is COCCN(CCOCCOCCOCCOCCN(CCOC)C(=O)[O-])C(=O)[O-].[Ba+2]. The number of ether oxygens (including phenoxy) is 6. The second-order valence-electron chi connectivity index (χ2n) is 5.94. The first-order valence-electron chi connectivity index (χ1n) is 9.73. The third-order valence-corrected chi connectivity index (χ3v) is 3.77. The van der Waals surface area contributed by atoms with E-state index >= 15 is 0 Å². The molecule has 178 valence electrons. The molecule has 12 nitrogen and oxygen atoms in total. The summed E-state index contributed by atoms with van der Waals surface area (Å²) in [4.78, 5) is 24.0. The number of carbonyl (C=O) groups is 2. The van der Waals surface area contributed by atoms with Gasteiger partial charge in [0.2, 0.25) is 0 Å². The fraction of sp³-hybridized carbons (Fsp3) is 0.889. The molecule has 31 heavy (non-hydrogen) atoms. The predicted molar refractivity (Wildman–Crippen MR) is 107 cm³/mol. The van der Waals surface area contributed by atoms with E-state index in [1.54, 1.807) is 0 Å². The van der Waals surface area contributed by atoms with Gasteiger partial charge < -0.3 is 58.0 Å². The standard InChI is InChI=1S/C18H36N2O10.Ba/c1-25-7-3-19(17(21)22)5-9-27-11-13-29-15-16-30-14-12-28-10-6-20(18(23)24)4-8-26-2;/h3-16H2,1-2H3,(H,21,22)(H,23,24);/q;+2/p-2. The Kier molecular flexibility index (Phi) is 26.1. The van der Waals surface area contributed by atoms with Gasteiger partial charge >= 0.3 is 48.9 Å². The minimum atomic E-state index is -1.25. The summed E-state index contributed by atoms with van der Waals surface area (Å²) in [6, 6.07) is 0. The molecule has 0 N–H and O–H groups in total. The van der Waals surface area contributed by atoms with E-state index in [9.17, 15) is 19.8 Å². The Balaban J connectivity index is 0. The normalized spacial score (nSPS) is 10.5. The van der Waals surface area contributed by atoms with Crippen molar-refractivity contribution in [1.82, 2.24) is 9.80 Å². The van der Waals surface area contributed by atoms with Crippen molar-refractivity contribution in [3.63, 3.8) is 0 Å². The second kappa shape index (κ2) is 24.5. The van der Waals surface area contributed by atoms with E-state index in [2.05, 4.69) is 0 Å². The summed E-state index contributed by atoms with van der Waals surface area (Å²) in [6.45, 7) is 4.17. The molecular weight excluding hydrogens is 542 g/mol. The maximum Gasteiger partial charge on any atom is 2.00 e. The van der Waals surface area contributed by atoms with Crippen molar-refractivity contribution < 1.29 is 48.2 Å². The van der Waals surface area contributed by atoms with E-state index in [0.717, 1.165) is 9.80 Å². The van der Waals surface area contributed by atoms with E-state index in [1.165, 1.54) is 14.2 Å². The zero-order valence-corrected chi connectivity index (χ0v) is 23.0. The molecule has 0 saturated carbocycles. The zero-order valence-electron chi connectivity index (χ0n) is 18.6. The second-order valence-corrected chi connectivity index (χ2v) is 5.94. The maximum atomic E-state index is 10.9. The largest absolute Gasteiger partial charge is 2.00 e. The van der Waals surface area contributed by atoms with Crippen LogP contribution in [0.1, 0.15) is 0 Å². The van der Waals surface area contributed by atoms with Gasteiger partial charge in [-0.2, -0.15) is 0 Å². The predicted octanol–water partition coefficient (Wildman–Crippen LogP) is -2.74. The van der Waals surface area contributed by atoms with Gasteiger partial charge in [-0.25, -0.2) is 0 Å². The van der Waals surface area contributed by atoms with Crippen molar-refractivity contribution in [2.45, 2.75) is 0 Å². The van der Waals surface area contributed by atoms with Crippen molar-refractivity contribution in [1.29, 1.82) is 0 Å². The number of amides is 2. The smallest absolute Gasteiger partial charge is 0.530 e. The van der Waals surface area contributed by atoms with Gasteiger partial charge in [0.05, 0.1) is 66.1 Å². The molecule has 13 heteroatoms. The zero-order chi connectivity index (χ0) is 22.5. The Labute approximate surface area is 224 Å². The van der Waals surface area contributed by atoms with Crippen LogP contribution in [0.25, 0.3) is 0 Å². The minimum absolute atomic E-state index is 0. The Morgan fingerprint density at radius 3 is 1.06 bits per heavy atom. The van der Waals surface area contributed by atoms with Crippen LogP contribution < -0.4 is 10.2 Å². The fourth-order valence-electron chi connectivity index (χ4n) is 2.10. The number of methoxy groups -OCH3 is 2. The fourth-order valence-corrected chi connectivity index (χ4v) is 2.10. The summed E-state index contributed by atoms with van der Waals surface area (Å²) in [5.41, 5.74) is 0. The topological polar surface area (TPSA) is 142 Å². The summed E-state index contributed by atoms with van der Waals surface area (Å²) in [5.74, 6) is 0. The third kappa shape index (κ3) is 21.5. The van der Waals surface area contributed by atoms with Crippen molar-refractivity contribution in [3.8, 4) is 0 Å². The van der Waals surface area contributed by atoms with E-state index in [1.807, 2.05) is 0 Å². The van der Waals surface area contributed by atoms with E-state index in [0.29, 0.717) is 52.9 Å². The van der Waals surface area contributed by atoms with Crippen LogP contribution in [-0.2, 0) is 28.4 Å². The minimum Gasteiger partial charge on any atom is -0.530 e. The molecule has 2 amide bonds. The maximum absolute atomic E-state index is 10.9. The van der Waals surface area contributed by atoms with Crippen molar-refractivity contribution >= 4 is 61.1 Å². The van der Waals surface area contributed by atoms with Crippen LogP contribution in [0, 0.1) is 0 Å². The van der Waals surface area contributed by atoms with Crippen LogP contribution in [0.2, 0.25) is 0 Å². The summed E-state index contributed by atoms with van der Waals surface area (Å²) in [7, 11) is 2.99. The Bertz CT molecular complexity index is 396. The van der Waals surface area contributed by atoms with Crippen LogP contribution in [0.4, 0.5) is 9.59 Å². The summed E-state index contributed by atoms with van der Waals surface area (Å²) >= 11 is 0. The number of hydrogen-bond donors (Lipinski definition) is 0. The van der Waals surface area contributed by atoms with Gasteiger partial charge in [0.15, 0.2) is 0 Å². The molecule has 0 radical (unpaired) electrons. The Morgan fingerprint density at radius 1 is 0.548 bits per heavy atom. The Morgan fingerprint density at radius 2 is 0.806 bits per heavy atom. The Hall–Kier alpha value is -0.129. The molecule has 0 aliphatic heterocycles. The molecule has 0 bridgehead atoms. The number of carbonyl (C=O) groups excluding carboxylic acids is 2. The molecule has 0 spiro atoms. The quantitative estimate of drug-likeness (QED) is 0.104. The molecule has 0 aromatic heterocycles. The summed E-state index contributed by atoms with van der Waals surface area (Å²) < 4.78 is 30.9. The molecule has 0 atom stereocenters. The first-order valence-corrected chi connectivity index (χ1v) is 9.73. The average Bonchev–Trinajstić information content (AvgIpc) is 2.71. The molecule has 0 aliphatic rings. The number of hydrogen-bond acceptors (Lipinski definition) is 10. The van der Waals surface area contributed by atoms with Gasteiger partial charge in [0.1, 0.15) is 12.2 Å². The van der Waals surface area contributed by atoms with E-state index in [-0.39, 0.29) is 88.3 Å². The third-order valence-electron chi connectivity index (χ3n) is 3.77.